The molecule has 0 N–H and O–H groups in total. The van der Waals surface area contributed by atoms with E-state index in [1.165, 1.54) is 16.7 Å². The van der Waals surface area contributed by atoms with Crippen molar-refractivity contribution in [3.8, 4) is 6.07 Å². The van der Waals surface area contributed by atoms with Crippen molar-refractivity contribution in [1.29, 1.82) is 5.26 Å². The van der Waals surface area contributed by atoms with Gasteiger partial charge in [0.15, 0.2) is 0 Å². The van der Waals surface area contributed by atoms with Crippen molar-refractivity contribution in [2.24, 2.45) is 0 Å². The molecule has 0 fully saturated rings. The minimum Gasteiger partial charge on any atom is -0.370 e. The molecule has 2 heteroatoms. The molecule has 0 saturated carbocycles. The highest BCUT2D eigenvalue weighted by molar-refractivity contribution is 5.64. The van der Waals surface area contributed by atoms with E-state index in [2.05, 4.69) is 48.2 Å². The van der Waals surface area contributed by atoms with E-state index in [1.54, 1.807) is 0 Å². The Hall–Kier alpha value is -2.27. The molecule has 0 radical (unpaired) electrons. The Bertz CT molecular complexity index is 640. The number of benzene rings is 2. The number of hydrogen-bond acceptors (Lipinski definition) is 2. The standard InChI is InChI=1S/C18H18N2/c1-14-5-4-8-17(13-19)18(14)20-11-9-15-6-2-3-7-16(15)10-12-20/h2-8H,9-12H2,1H3. The number of para-hydroxylation sites is 1. The number of nitrogens with zero attached hydrogens (tertiary/aromatic N) is 2. The summed E-state index contributed by atoms with van der Waals surface area (Å²) in [6.07, 6.45) is 2.10. The SMILES string of the molecule is Cc1cccc(C#N)c1N1CCc2ccccc2CC1. The van der Waals surface area contributed by atoms with E-state index < -0.39 is 0 Å². The molecule has 1 heterocycles. The lowest BCUT2D eigenvalue weighted by Gasteiger charge is -2.25. The van der Waals surface area contributed by atoms with Crippen molar-refractivity contribution in [3.05, 3.63) is 64.7 Å². The molecule has 2 aromatic carbocycles. The summed E-state index contributed by atoms with van der Waals surface area (Å²) in [5, 5.41) is 9.34. The van der Waals surface area contributed by atoms with Gasteiger partial charge in [0, 0.05) is 13.1 Å². The second-order valence-electron chi connectivity index (χ2n) is 5.34. The van der Waals surface area contributed by atoms with Gasteiger partial charge in [-0.25, -0.2) is 0 Å². The van der Waals surface area contributed by atoms with E-state index in [-0.39, 0.29) is 0 Å². The zero-order valence-corrected chi connectivity index (χ0v) is 11.8. The van der Waals surface area contributed by atoms with Crippen molar-refractivity contribution < 1.29 is 0 Å². The predicted octanol–water partition coefficient (Wildman–Crippen LogP) is 3.47. The first-order valence-electron chi connectivity index (χ1n) is 7.11. The summed E-state index contributed by atoms with van der Waals surface area (Å²) >= 11 is 0. The Morgan fingerprint density at radius 1 is 0.950 bits per heavy atom. The molecule has 100 valence electrons. The van der Waals surface area contributed by atoms with Gasteiger partial charge in [-0.1, -0.05) is 36.4 Å². The molecule has 3 rings (SSSR count). The predicted molar refractivity (Wildman–Crippen MR) is 82.0 cm³/mol. The van der Waals surface area contributed by atoms with Crippen LogP contribution in [0, 0.1) is 18.3 Å². The lowest BCUT2D eigenvalue weighted by Crippen LogP contribution is -2.27. The van der Waals surface area contributed by atoms with Gasteiger partial charge in [-0.15, -0.1) is 0 Å². The van der Waals surface area contributed by atoms with Gasteiger partial charge in [0.05, 0.1) is 11.3 Å². The molecule has 0 unspecified atom stereocenters. The van der Waals surface area contributed by atoms with E-state index in [9.17, 15) is 5.26 Å². The molecule has 0 bridgehead atoms. The highest BCUT2D eigenvalue weighted by Gasteiger charge is 2.17. The van der Waals surface area contributed by atoms with Crippen LogP contribution >= 0.6 is 0 Å². The summed E-state index contributed by atoms with van der Waals surface area (Å²) < 4.78 is 0. The zero-order chi connectivity index (χ0) is 13.9. The van der Waals surface area contributed by atoms with Crippen molar-refractivity contribution in [1.82, 2.24) is 0 Å². The first-order chi connectivity index (χ1) is 9.79. The van der Waals surface area contributed by atoms with Crippen molar-refractivity contribution in [3.63, 3.8) is 0 Å². The third-order valence-corrected chi connectivity index (χ3v) is 4.09. The Kier molecular flexibility index (Phi) is 3.43. The summed E-state index contributed by atoms with van der Waals surface area (Å²) in [7, 11) is 0. The van der Waals surface area contributed by atoms with Crippen molar-refractivity contribution >= 4 is 5.69 Å². The molecule has 20 heavy (non-hydrogen) atoms. The third kappa shape index (κ3) is 2.28. The van der Waals surface area contributed by atoms with E-state index >= 15 is 0 Å². The Balaban J connectivity index is 1.93. The quantitative estimate of drug-likeness (QED) is 0.787. The van der Waals surface area contributed by atoms with Crippen LogP contribution in [0.1, 0.15) is 22.3 Å². The monoisotopic (exact) mass is 262 g/mol. The van der Waals surface area contributed by atoms with Crippen molar-refractivity contribution in [2.45, 2.75) is 19.8 Å². The Morgan fingerprint density at radius 2 is 1.60 bits per heavy atom. The number of rotatable bonds is 1. The Morgan fingerprint density at radius 3 is 2.20 bits per heavy atom. The maximum atomic E-state index is 9.34. The fourth-order valence-electron chi connectivity index (χ4n) is 3.06. The van der Waals surface area contributed by atoms with Gasteiger partial charge in [-0.2, -0.15) is 5.26 Å². The summed E-state index contributed by atoms with van der Waals surface area (Å²) in [6, 6.07) is 17.0. The maximum Gasteiger partial charge on any atom is 0.101 e. The highest BCUT2D eigenvalue weighted by atomic mass is 15.1. The van der Waals surface area contributed by atoms with E-state index in [0.29, 0.717) is 0 Å². The summed E-state index contributed by atoms with van der Waals surface area (Å²) in [4.78, 5) is 2.37. The molecular weight excluding hydrogens is 244 g/mol. The molecule has 0 amide bonds. The maximum absolute atomic E-state index is 9.34. The third-order valence-electron chi connectivity index (χ3n) is 4.09. The zero-order valence-electron chi connectivity index (χ0n) is 11.8. The lowest BCUT2D eigenvalue weighted by atomic mass is 10.0. The molecule has 2 aromatic rings. The minimum absolute atomic E-state index is 0.788. The second kappa shape index (κ2) is 5.38. The van der Waals surface area contributed by atoms with Crippen LogP contribution in [-0.2, 0) is 12.8 Å². The average Bonchev–Trinajstić information content (AvgIpc) is 2.69. The average molecular weight is 262 g/mol. The molecule has 0 saturated heterocycles. The number of anilines is 1. The van der Waals surface area contributed by atoms with Gasteiger partial charge in [0.25, 0.3) is 0 Å². The van der Waals surface area contributed by atoms with Gasteiger partial charge in [0.1, 0.15) is 6.07 Å². The highest BCUT2D eigenvalue weighted by Crippen LogP contribution is 2.27. The van der Waals surface area contributed by atoms with Crippen LogP contribution < -0.4 is 4.90 Å². The summed E-state index contributed by atoms with van der Waals surface area (Å²) in [5.41, 5.74) is 5.98. The molecule has 0 aliphatic carbocycles. The molecule has 0 aromatic heterocycles. The van der Waals surface area contributed by atoms with E-state index in [4.69, 9.17) is 0 Å². The van der Waals surface area contributed by atoms with Crippen LogP contribution in [0.2, 0.25) is 0 Å². The molecular formula is C18H18N2. The molecule has 0 atom stereocenters. The van der Waals surface area contributed by atoms with E-state index in [1.807, 2.05) is 12.1 Å². The second-order valence-corrected chi connectivity index (χ2v) is 5.34. The lowest BCUT2D eigenvalue weighted by molar-refractivity contribution is 0.801. The van der Waals surface area contributed by atoms with Gasteiger partial charge in [-0.3, -0.25) is 0 Å². The van der Waals surface area contributed by atoms with Gasteiger partial charge in [0.2, 0.25) is 0 Å². The van der Waals surface area contributed by atoms with Crippen LogP contribution in [0.5, 0.6) is 0 Å². The number of aryl methyl sites for hydroxylation is 1. The molecule has 0 spiro atoms. The number of hydrogen-bond donors (Lipinski definition) is 0. The van der Waals surface area contributed by atoms with Crippen molar-refractivity contribution in [2.75, 3.05) is 18.0 Å². The van der Waals surface area contributed by atoms with E-state index in [0.717, 1.165) is 37.2 Å². The molecule has 1 aliphatic rings. The topological polar surface area (TPSA) is 27.0 Å². The molecule has 1 aliphatic heterocycles. The Labute approximate surface area is 120 Å². The van der Waals surface area contributed by atoms with Crippen LogP contribution in [-0.4, -0.2) is 13.1 Å². The van der Waals surface area contributed by atoms with Crippen LogP contribution in [0.25, 0.3) is 0 Å². The number of fused-ring (bicyclic) bond motifs is 1. The fraction of sp³-hybridized carbons (Fsp3) is 0.278. The largest absolute Gasteiger partial charge is 0.370 e. The van der Waals surface area contributed by atoms with Gasteiger partial charge in [-0.05, 0) is 42.5 Å². The van der Waals surface area contributed by atoms with Crippen LogP contribution in [0.3, 0.4) is 0 Å². The fourth-order valence-corrected chi connectivity index (χ4v) is 3.06. The number of nitriles is 1. The summed E-state index contributed by atoms with van der Waals surface area (Å²) in [5.74, 6) is 0. The molecule has 2 nitrogen and oxygen atoms in total. The first kappa shape index (κ1) is 12.7. The normalized spacial score (nSPS) is 14.3. The minimum atomic E-state index is 0.788. The van der Waals surface area contributed by atoms with Crippen LogP contribution in [0.15, 0.2) is 42.5 Å². The smallest absolute Gasteiger partial charge is 0.101 e. The summed E-state index contributed by atoms with van der Waals surface area (Å²) in [6.45, 7) is 4.06. The van der Waals surface area contributed by atoms with Crippen LogP contribution in [0.4, 0.5) is 5.69 Å². The van der Waals surface area contributed by atoms with Gasteiger partial charge >= 0.3 is 0 Å². The van der Waals surface area contributed by atoms with Gasteiger partial charge < -0.3 is 4.90 Å². The first-order valence-corrected chi connectivity index (χ1v) is 7.11.